The maximum atomic E-state index is 12.6. The van der Waals surface area contributed by atoms with Crippen LogP contribution in [0.5, 0.6) is 0 Å². The van der Waals surface area contributed by atoms with Gasteiger partial charge in [0.05, 0.1) is 5.92 Å². The fraction of sp³-hybridized carbons (Fsp3) is 0.812. The van der Waals surface area contributed by atoms with Crippen LogP contribution in [-0.4, -0.2) is 23.6 Å². The highest BCUT2D eigenvalue weighted by Crippen LogP contribution is 2.39. The van der Waals surface area contributed by atoms with Crippen LogP contribution in [0.15, 0.2) is 0 Å². The second-order valence-corrected chi connectivity index (χ2v) is 7.62. The van der Waals surface area contributed by atoms with Gasteiger partial charge in [0.1, 0.15) is 17.8 Å². The molecule has 0 aliphatic carbocycles. The quantitative estimate of drug-likeness (QED) is 0.590. The maximum absolute atomic E-state index is 12.6. The van der Waals surface area contributed by atoms with Gasteiger partial charge in [-0.2, -0.15) is 0 Å². The van der Waals surface area contributed by atoms with Crippen molar-refractivity contribution < 1.29 is 19.1 Å². The lowest BCUT2D eigenvalue weighted by molar-refractivity contribution is -0.149. The SMILES string of the molecule is CC[C@H]1OC(=O)[C@@H](C(=O)C(C)(C)C)[C@@H]1C(=O)C(C)(C)C. The lowest BCUT2D eigenvalue weighted by Gasteiger charge is -2.28. The average Bonchev–Trinajstić information content (AvgIpc) is 2.61. The van der Waals surface area contributed by atoms with Crippen molar-refractivity contribution >= 4 is 17.5 Å². The summed E-state index contributed by atoms with van der Waals surface area (Å²) in [6.07, 6.45) is 0.0668. The van der Waals surface area contributed by atoms with Gasteiger partial charge in [0.2, 0.25) is 0 Å². The standard InChI is InChI=1S/C16H26O4/c1-8-9-10(12(17)15(2,3)4)11(14(19)20-9)13(18)16(5,6)7/h9-11H,8H2,1-7H3/t9-,10-,11-/m1/s1. The Morgan fingerprint density at radius 1 is 1.00 bits per heavy atom. The van der Waals surface area contributed by atoms with Crippen molar-refractivity contribution in [3.63, 3.8) is 0 Å². The summed E-state index contributed by atoms with van der Waals surface area (Å²) in [6.45, 7) is 12.6. The third kappa shape index (κ3) is 3.10. The predicted octanol–water partition coefficient (Wildman–Crippen LogP) is 2.78. The van der Waals surface area contributed by atoms with Crippen LogP contribution in [0, 0.1) is 22.7 Å². The lowest BCUT2D eigenvalue weighted by Crippen LogP contribution is -2.43. The van der Waals surface area contributed by atoms with E-state index in [4.69, 9.17) is 4.74 Å². The van der Waals surface area contributed by atoms with E-state index in [2.05, 4.69) is 0 Å². The first-order chi connectivity index (χ1) is 8.91. The van der Waals surface area contributed by atoms with Gasteiger partial charge in [0.15, 0.2) is 5.78 Å². The van der Waals surface area contributed by atoms with Crippen molar-refractivity contribution in [1.82, 2.24) is 0 Å². The second kappa shape index (κ2) is 5.30. The van der Waals surface area contributed by atoms with Crippen LogP contribution in [0.1, 0.15) is 54.9 Å². The zero-order chi connectivity index (χ0) is 15.9. The van der Waals surface area contributed by atoms with Crippen LogP contribution in [0.25, 0.3) is 0 Å². The molecule has 1 rings (SSSR count). The first-order valence-corrected chi connectivity index (χ1v) is 7.20. The predicted molar refractivity (Wildman–Crippen MR) is 76.1 cm³/mol. The Labute approximate surface area is 121 Å². The van der Waals surface area contributed by atoms with Crippen molar-refractivity contribution in [2.75, 3.05) is 0 Å². The lowest BCUT2D eigenvalue weighted by atomic mass is 9.70. The average molecular weight is 282 g/mol. The van der Waals surface area contributed by atoms with Crippen molar-refractivity contribution in [3.05, 3.63) is 0 Å². The number of carbonyl (C=O) groups excluding carboxylic acids is 3. The van der Waals surface area contributed by atoms with Crippen LogP contribution in [0.2, 0.25) is 0 Å². The fourth-order valence-corrected chi connectivity index (χ4v) is 2.55. The summed E-state index contributed by atoms with van der Waals surface area (Å²) in [7, 11) is 0. The smallest absolute Gasteiger partial charge is 0.317 e. The summed E-state index contributed by atoms with van der Waals surface area (Å²) in [5.41, 5.74) is -1.26. The van der Waals surface area contributed by atoms with Gasteiger partial charge in [-0.05, 0) is 6.42 Å². The Bertz CT molecular complexity index is 423. The van der Waals surface area contributed by atoms with Crippen molar-refractivity contribution in [2.45, 2.75) is 61.0 Å². The van der Waals surface area contributed by atoms with Crippen LogP contribution >= 0.6 is 0 Å². The number of rotatable bonds is 3. The largest absolute Gasteiger partial charge is 0.461 e. The summed E-state index contributed by atoms with van der Waals surface area (Å²) in [4.78, 5) is 37.2. The van der Waals surface area contributed by atoms with Crippen molar-refractivity contribution in [3.8, 4) is 0 Å². The summed E-state index contributed by atoms with van der Waals surface area (Å²) in [6, 6.07) is 0. The highest BCUT2D eigenvalue weighted by molar-refractivity contribution is 6.08. The van der Waals surface area contributed by atoms with E-state index in [9.17, 15) is 14.4 Å². The minimum absolute atomic E-state index is 0.0715. The molecule has 0 aromatic heterocycles. The van der Waals surface area contributed by atoms with Crippen molar-refractivity contribution in [2.24, 2.45) is 22.7 Å². The van der Waals surface area contributed by atoms with Gasteiger partial charge in [-0.25, -0.2) is 0 Å². The first kappa shape index (κ1) is 16.9. The van der Waals surface area contributed by atoms with E-state index in [1.165, 1.54) is 0 Å². The highest BCUT2D eigenvalue weighted by atomic mass is 16.6. The molecule has 1 aliphatic heterocycles. The first-order valence-electron chi connectivity index (χ1n) is 7.20. The molecular weight excluding hydrogens is 256 g/mol. The monoisotopic (exact) mass is 282 g/mol. The molecule has 1 fully saturated rings. The Hall–Kier alpha value is -1.19. The minimum atomic E-state index is -0.952. The molecule has 3 atom stereocenters. The molecule has 0 aromatic rings. The number of ether oxygens (including phenoxy) is 1. The number of carbonyl (C=O) groups is 3. The molecule has 0 amide bonds. The van der Waals surface area contributed by atoms with Gasteiger partial charge in [-0.1, -0.05) is 48.5 Å². The zero-order valence-electron chi connectivity index (χ0n) is 13.6. The third-order valence-electron chi connectivity index (χ3n) is 3.75. The molecule has 20 heavy (non-hydrogen) atoms. The van der Waals surface area contributed by atoms with Gasteiger partial charge >= 0.3 is 5.97 Å². The molecule has 1 saturated heterocycles. The topological polar surface area (TPSA) is 60.4 Å². The van der Waals surface area contributed by atoms with Gasteiger partial charge in [-0.15, -0.1) is 0 Å². The van der Waals surface area contributed by atoms with E-state index in [0.29, 0.717) is 6.42 Å². The molecule has 0 radical (unpaired) electrons. The normalized spacial score (nSPS) is 27.4. The minimum Gasteiger partial charge on any atom is -0.461 e. The van der Waals surface area contributed by atoms with E-state index >= 15 is 0 Å². The van der Waals surface area contributed by atoms with Gasteiger partial charge in [-0.3, -0.25) is 14.4 Å². The highest BCUT2D eigenvalue weighted by Gasteiger charge is 2.54. The Kier molecular flexibility index (Phi) is 4.47. The molecule has 0 bridgehead atoms. The number of hydrogen-bond donors (Lipinski definition) is 0. The van der Waals surface area contributed by atoms with Gasteiger partial charge in [0, 0.05) is 10.8 Å². The van der Waals surface area contributed by atoms with Crippen LogP contribution in [-0.2, 0) is 19.1 Å². The molecule has 0 spiro atoms. The summed E-state index contributed by atoms with van der Waals surface area (Å²) < 4.78 is 5.29. The van der Waals surface area contributed by atoms with E-state index in [-0.39, 0.29) is 11.6 Å². The van der Waals surface area contributed by atoms with Crippen LogP contribution < -0.4 is 0 Å². The molecule has 0 unspecified atom stereocenters. The molecule has 1 heterocycles. The molecule has 4 nitrogen and oxygen atoms in total. The molecule has 0 N–H and O–H groups in total. The van der Waals surface area contributed by atoms with Crippen LogP contribution in [0.4, 0.5) is 0 Å². The number of Topliss-reactive ketones (excluding diaryl/α,β-unsaturated/α-hetero) is 2. The third-order valence-corrected chi connectivity index (χ3v) is 3.75. The van der Waals surface area contributed by atoms with E-state index < -0.39 is 34.7 Å². The Morgan fingerprint density at radius 2 is 1.45 bits per heavy atom. The summed E-state index contributed by atoms with van der Waals surface area (Å²) >= 11 is 0. The Balaban J connectivity index is 3.22. The van der Waals surface area contributed by atoms with E-state index in [1.807, 2.05) is 27.7 Å². The molecule has 114 valence electrons. The molecule has 0 saturated carbocycles. The molecule has 4 heteroatoms. The summed E-state index contributed by atoms with van der Waals surface area (Å²) in [5, 5.41) is 0. The van der Waals surface area contributed by atoms with E-state index in [0.717, 1.165) is 0 Å². The number of ketones is 2. The molecule has 0 aromatic carbocycles. The second-order valence-electron chi connectivity index (χ2n) is 7.62. The van der Waals surface area contributed by atoms with Crippen LogP contribution in [0.3, 0.4) is 0 Å². The Morgan fingerprint density at radius 3 is 1.80 bits per heavy atom. The van der Waals surface area contributed by atoms with E-state index in [1.54, 1.807) is 20.8 Å². The summed E-state index contributed by atoms with van der Waals surface area (Å²) in [5.74, 6) is -2.43. The number of esters is 1. The fourth-order valence-electron chi connectivity index (χ4n) is 2.55. The zero-order valence-corrected chi connectivity index (χ0v) is 13.6. The van der Waals surface area contributed by atoms with Gasteiger partial charge in [0.25, 0.3) is 0 Å². The molecular formula is C16H26O4. The molecule has 1 aliphatic rings. The van der Waals surface area contributed by atoms with Gasteiger partial charge < -0.3 is 4.74 Å². The van der Waals surface area contributed by atoms with Crippen molar-refractivity contribution in [1.29, 1.82) is 0 Å². The maximum Gasteiger partial charge on any atom is 0.317 e. The number of cyclic esters (lactones) is 1. The number of hydrogen-bond acceptors (Lipinski definition) is 4.